The normalized spacial score (nSPS) is 24.8. The van der Waals surface area contributed by atoms with E-state index in [9.17, 15) is 14.4 Å². The Morgan fingerprint density at radius 1 is 0.959 bits per heavy atom. The van der Waals surface area contributed by atoms with E-state index in [1.807, 2.05) is 30.3 Å². The quantitative estimate of drug-likeness (QED) is 0.216. The summed E-state index contributed by atoms with van der Waals surface area (Å²) < 4.78 is 36.2. The van der Waals surface area contributed by atoms with Crippen molar-refractivity contribution in [2.75, 3.05) is 24.3 Å². The van der Waals surface area contributed by atoms with Gasteiger partial charge >= 0.3 is 11.9 Å². The molecule has 12 nitrogen and oxygen atoms in total. The molecular weight excluding hydrogens is 631 g/mol. The Bertz CT molecular complexity index is 1600. The predicted octanol–water partition coefficient (Wildman–Crippen LogP) is 6.07. The van der Waals surface area contributed by atoms with Crippen LogP contribution in [0, 0.1) is 11.8 Å². The van der Waals surface area contributed by atoms with Crippen LogP contribution in [0.4, 0.5) is 16.2 Å². The fourth-order valence-corrected chi connectivity index (χ4v) is 7.48. The van der Waals surface area contributed by atoms with E-state index in [2.05, 4.69) is 25.6 Å². The number of fused-ring (bicyclic) bond motifs is 1. The van der Waals surface area contributed by atoms with Crippen LogP contribution in [0.25, 0.3) is 11.2 Å². The van der Waals surface area contributed by atoms with Gasteiger partial charge in [-0.1, -0.05) is 68.9 Å². The highest BCUT2D eigenvalue weighted by molar-refractivity contribution is 5.91. The van der Waals surface area contributed by atoms with Crippen LogP contribution >= 0.6 is 0 Å². The molecule has 3 aromatic rings. The zero-order valence-corrected chi connectivity index (χ0v) is 28.4. The number of esters is 2. The Balaban J connectivity index is 1.23. The minimum atomic E-state index is -2.28. The van der Waals surface area contributed by atoms with Gasteiger partial charge in [-0.15, -0.1) is 0 Å². The van der Waals surface area contributed by atoms with Gasteiger partial charge in [0.15, 0.2) is 35.0 Å². The number of hydrogen-bond acceptors (Lipinski definition) is 10. The van der Waals surface area contributed by atoms with Gasteiger partial charge in [0.05, 0.1) is 12.7 Å². The van der Waals surface area contributed by atoms with Crippen LogP contribution in [0.2, 0.25) is 0 Å². The van der Waals surface area contributed by atoms with Gasteiger partial charge in [-0.05, 0) is 50.0 Å². The van der Waals surface area contributed by atoms with Gasteiger partial charge in [0.25, 0.3) is 0 Å². The molecule has 0 bridgehead atoms. The molecule has 1 aliphatic heterocycles. The number of benzene rings is 1. The molecule has 49 heavy (non-hydrogen) atoms. The molecule has 0 spiro atoms. The Hall–Kier alpha value is -4.13. The molecular formula is C36H47FN6O6. The van der Waals surface area contributed by atoms with Crippen molar-refractivity contribution in [1.82, 2.24) is 19.5 Å². The summed E-state index contributed by atoms with van der Waals surface area (Å²) in [5.41, 5.74) is -0.942. The van der Waals surface area contributed by atoms with Crippen LogP contribution in [0.1, 0.15) is 95.8 Å². The third-order valence-corrected chi connectivity index (χ3v) is 10.1. The number of halogens is 1. The number of rotatable bonds is 12. The van der Waals surface area contributed by atoms with E-state index < -0.39 is 36.0 Å². The number of carbonyl (C=O) groups is 3. The average Bonchev–Trinajstić information content (AvgIpc) is 3.61. The van der Waals surface area contributed by atoms with E-state index in [-0.39, 0.29) is 42.9 Å². The first-order valence-corrected chi connectivity index (χ1v) is 17.7. The third-order valence-electron chi connectivity index (χ3n) is 10.1. The maximum Gasteiger partial charge on any atom is 0.310 e. The standard InChI is InChI=1S/C36H47FN6O6/c1-36(37)31(49-29(46)20-25-16-10-5-11-17-25)26(21-47-28(45)19-24-14-8-4-9-15-24)48-34(36)43-22-39-30-32(38-2)41-35(42-33(30)43)40-27(44)18-23-12-6-3-7-13-23/h4,8-9,14-15,22-23,25-26,31,34H,3,5-7,10-13,16-21H2,1-2H3,(H2,38,40,41,42,44)/t26-,31-,34-,36-/m1/s1. The molecule has 4 atom stereocenters. The number of nitrogens with one attached hydrogen (secondary N) is 2. The highest BCUT2D eigenvalue weighted by Gasteiger charge is 2.58. The van der Waals surface area contributed by atoms with Crippen molar-refractivity contribution >= 4 is 40.8 Å². The van der Waals surface area contributed by atoms with Crippen molar-refractivity contribution in [3.05, 3.63) is 42.2 Å². The van der Waals surface area contributed by atoms with Gasteiger partial charge < -0.3 is 19.5 Å². The molecule has 6 rings (SSSR count). The maximum atomic E-state index is 17.1. The zero-order chi connectivity index (χ0) is 34.4. The summed E-state index contributed by atoms with van der Waals surface area (Å²) in [6.07, 6.45) is 8.75. The van der Waals surface area contributed by atoms with Gasteiger partial charge in [-0.25, -0.2) is 9.37 Å². The average molecular weight is 679 g/mol. The molecule has 0 radical (unpaired) electrons. The van der Waals surface area contributed by atoms with Gasteiger partial charge in [-0.3, -0.25) is 24.3 Å². The number of ether oxygens (including phenoxy) is 3. The van der Waals surface area contributed by atoms with Crippen molar-refractivity contribution in [1.29, 1.82) is 0 Å². The third kappa shape index (κ3) is 8.37. The summed E-state index contributed by atoms with van der Waals surface area (Å²) in [5, 5.41) is 5.80. The van der Waals surface area contributed by atoms with Crippen LogP contribution in [-0.4, -0.2) is 68.9 Å². The van der Waals surface area contributed by atoms with Gasteiger partial charge in [0.2, 0.25) is 11.9 Å². The molecule has 2 saturated carbocycles. The Morgan fingerprint density at radius 3 is 2.31 bits per heavy atom. The summed E-state index contributed by atoms with van der Waals surface area (Å²) in [6, 6.07) is 9.14. The minimum Gasteiger partial charge on any atom is -0.463 e. The smallest absolute Gasteiger partial charge is 0.310 e. The van der Waals surface area contributed by atoms with E-state index in [0.717, 1.165) is 63.4 Å². The fraction of sp³-hybridized carbons (Fsp3) is 0.611. The van der Waals surface area contributed by atoms with Crippen molar-refractivity contribution in [3.8, 4) is 0 Å². The number of nitrogens with zero attached hydrogens (tertiary/aromatic N) is 4. The summed E-state index contributed by atoms with van der Waals surface area (Å²) >= 11 is 0. The molecule has 1 amide bonds. The van der Waals surface area contributed by atoms with Gasteiger partial charge in [-0.2, -0.15) is 9.97 Å². The lowest BCUT2D eigenvalue weighted by Gasteiger charge is -2.28. The second kappa shape index (κ2) is 15.6. The van der Waals surface area contributed by atoms with E-state index in [0.29, 0.717) is 23.7 Å². The lowest BCUT2D eigenvalue weighted by Crippen LogP contribution is -2.44. The number of carbonyl (C=O) groups excluding carboxylic acids is 3. The Morgan fingerprint density at radius 2 is 1.63 bits per heavy atom. The van der Waals surface area contributed by atoms with E-state index in [4.69, 9.17) is 14.2 Å². The van der Waals surface area contributed by atoms with Crippen LogP contribution in [0.5, 0.6) is 0 Å². The number of aromatic nitrogens is 4. The van der Waals surface area contributed by atoms with E-state index >= 15 is 4.39 Å². The Labute approximate surface area is 285 Å². The monoisotopic (exact) mass is 678 g/mol. The maximum absolute atomic E-state index is 17.1. The minimum absolute atomic E-state index is 0.0289. The van der Waals surface area contributed by atoms with Crippen LogP contribution in [0.15, 0.2) is 36.7 Å². The first-order chi connectivity index (χ1) is 23.7. The fourth-order valence-electron chi connectivity index (χ4n) is 7.48. The number of hydrogen-bond donors (Lipinski definition) is 2. The largest absolute Gasteiger partial charge is 0.463 e. The SMILES string of the molecule is CNc1nc(NC(=O)CC2CCCCC2)nc2c1ncn2[C@@H]1O[C@H](COC(=O)Cc2ccccc2)[C@@H](OC(=O)CC2CCCCC2)[C@@]1(C)F. The summed E-state index contributed by atoms with van der Waals surface area (Å²) in [6.45, 7) is 0.982. The highest BCUT2D eigenvalue weighted by atomic mass is 19.1. The number of anilines is 2. The van der Waals surface area contributed by atoms with Crippen molar-refractivity contribution in [3.63, 3.8) is 0 Å². The number of imidazole rings is 1. The van der Waals surface area contributed by atoms with Crippen molar-refractivity contribution in [2.24, 2.45) is 11.8 Å². The van der Waals surface area contributed by atoms with E-state index in [1.165, 1.54) is 24.2 Å². The van der Waals surface area contributed by atoms with Gasteiger partial charge in [0.1, 0.15) is 12.7 Å². The lowest BCUT2D eigenvalue weighted by molar-refractivity contribution is -0.162. The molecule has 13 heteroatoms. The molecule has 3 heterocycles. The van der Waals surface area contributed by atoms with Crippen molar-refractivity contribution in [2.45, 2.75) is 114 Å². The van der Waals surface area contributed by atoms with Crippen molar-refractivity contribution < 1.29 is 33.0 Å². The molecule has 2 aromatic heterocycles. The Kier molecular flexibility index (Phi) is 11.1. The molecule has 264 valence electrons. The number of amides is 1. The first-order valence-electron chi connectivity index (χ1n) is 17.7. The molecule has 3 aliphatic rings. The molecule has 2 N–H and O–H groups in total. The predicted molar refractivity (Wildman–Crippen MR) is 180 cm³/mol. The van der Waals surface area contributed by atoms with Gasteiger partial charge in [0, 0.05) is 19.9 Å². The second-order valence-electron chi connectivity index (χ2n) is 13.9. The molecule has 3 fully saturated rings. The molecule has 0 unspecified atom stereocenters. The van der Waals surface area contributed by atoms with E-state index in [1.54, 1.807) is 7.05 Å². The summed E-state index contributed by atoms with van der Waals surface area (Å²) in [7, 11) is 1.67. The number of alkyl halides is 1. The highest BCUT2D eigenvalue weighted by Crippen LogP contribution is 2.45. The summed E-state index contributed by atoms with van der Waals surface area (Å²) in [4.78, 5) is 52.4. The topological polar surface area (TPSA) is 147 Å². The van der Waals surface area contributed by atoms with Crippen LogP contribution in [0.3, 0.4) is 0 Å². The molecule has 2 aliphatic carbocycles. The lowest BCUT2D eigenvalue weighted by atomic mass is 9.87. The molecule has 1 aromatic carbocycles. The second-order valence-corrected chi connectivity index (χ2v) is 13.9. The van der Waals surface area contributed by atoms with Crippen LogP contribution in [-0.2, 0) is 35.0 Å². The van der Waals surface area contributed by atoms with Crippen LogP contribution < -0.4 is 10.6 Å². The zero-order valence-electron chi connectivity index (χ0n) is 28.4. The molecule has 1 saturated heterocycles. The first kappa shape index (κ1) is 34.7. The summed E-state index contributed by atoms with van der Waals surface area (Å²) in [5.74, 6) is -0.301.